The van der Waals surface area contributed by atoms with Gasteiger partial charge in [0.25, 0.3) is 10.1 Å². The van der Waals surface area contributed by atoms with E-state index in [2.05, 4.69) is 0 Å². The molecule has 0 radical (unpaired) electrons. The molecule has 0 aromatic rings. The van der Waals surface area contributed by atoms with Crippen LogP contribution in [0.15, 0.2) is 0 Å². The standard InChI is InChI=1S/C9H16O7S/c1-12-8-7-6(15-9(8)13-2)5(4-14-7)16-17(3,10)11/h5-9H,4H2,1-3H3/t5-,6-,7+,8-,9-/m1/s1. The molecule has 0 saturated carbocycles. The molecule has 8 heteroatoms. The zero-order chi connectivity index (χ0) is 12.6. The molecule has 0 amide bonds. The van der Waals surface area contributed by atoms with E-state index in [1.54, 1.807) is 0 Å². The van der Waals surface area contributed by atoms with Crippen LogP contribution in [0.4, 0.5) is 0 Å². The highest BCUT2D eigenvalue weighted by Gasteiger charge is 2.54. The molecule has 0 bridgehead atoms. The largest absolute Gasteiger partial charge is 0.373 e. The lowest BCUT2D eigenvalue weighted by molar-refractivity contribution is -0.171. The van der Waals surface area contributed by atoms with Crippen molar-refractivity contribution in [3.8, 4) is 0 Å². The molecule has 2 aliphatic rings. The maximum Gasteiger partial charge on any atom is 0.264 e. The fourth-order valence-electron chi connectivity index (χ4n) is 2.18. The summed E-state index contributed by atoms with van der Waals surface area (Å²) in [5, 5.41) is 0. The molecule has 17 heavy (non-hydrogen) atoms. The number of rotatable bonds is 4. The molecule has 2 fully saturated rings. The Morgan fingerprint density at radius 1 is 1.18 bits per heavy atom. The van der Waals surface area contributed by atoms with Gasteiger partial charge in [0, 0.05) is 14.2 Å². The Balaban J connectivity index is 2.08. The van der Waals surface area contributed by atoms with E-state index in [9.17, 15) is 8.42 Å². The van der Waals surface area contributed by atoms with Crippen LogP contribution < -0.4 is 0 Å². The third-order valence-electron chi connectivity index (χ3n) is 2.83. The SMILES string of the molecule is CO[C@@H]1O[C@H]2[C@H](OC[C@H]2OS(C)(=O)=O)[C@H]1OC. The number of methoxy groups -OCH3 is 2. The van der Waals surface area contributed by atoms with Crippen molar-refractivity contribution in [2.24, 2.45) is 0 Å². The van der Waals surface area contributed by atoms with E-state index in [1.165, 1.54) is 14.2 Å². The van der Waals surface area contributed by atoms with Gasteiger partial charge in [-0.3, -0.25) is 4.18 Å². The second-order valence-corrected chi connectivity index (χ2v) is 5.64. The monoisotopic (exact) mass is 268 g/mol. The second-order valence-electron chi connectivity index (χ2n) is 4.04. The topological polar surface area (TPSA) is 80.3 Å². The van der Waals surface area contributed by atoms with Gasteiger partial charge in [-0.05, 0) is 0 Å². The third kappa shape index (κ3) is 2.61. The van der Waals surface area contributed by atoms with Crippen LogP contribution in [0.5, 0.6) is 0 Å². The summed E-state index contributed by atoms with van der Waals surface area (Å²) in [6.07, 6.45) is -1.44. The smallest absolute Gasteiger partial charge is 0.264 e. The minimum absolute atomic E-state index is 0.165. The Morgan fingerprint density at radius 3 is 2.41 bits per heavy atom. The van der Waals surface area contributed by atoms with Crippen molar-refractivity contribution in [1.29, 1.82) is 0 Å². The van der Waals surface area contributed by atoms with Gasteiger partial charge in [-0.2, -0.15) is 8.42 Å². The molecule has 2 heterocycles. The summed E-state index contributed by atoms with van der Waals surface area (Å²) < 4.78 is 48.4. The molecule has 7 nitrogen and oxygen atoms in total. The molecular formula is C9H16O7S. The zero-order valence-electron chi connectivity index (χ0n) is 9.86. The van der Waals surface area contributed by atoms with Gasteiger partial charge in [0.2, 0.25) is 0 Å². The molecule has 0 unspecified atom stereocenters. The minimum Gasteiger partial charge on any atom is -0.373 e. The van der Waals surface area contributed by atoms with Crippen molar-refractivity contribution in [3.05, 3.63) is 0 Å². The van der Waals surface area contributed by atoms with E-state index in [4.69, 9.17) is 23.1 Å². The highest BCUT2D eigenvalue weighted by Crippen LogP contribution is 2.34. The van der Waals surface area contributed by atoms with Gasteiger partial charge in [-0.15, -0.1) is 0 Å². The van der Waals surface area contributed by atoms with Crippen LogP contribution in [0.1, 0.15) is 0 Å². The Morgan fingerprint density at radius 2 is 1.88 bits per heavy atom. The van der Waals surface area contributed by atoms with Crippen molar-refractivity contribution in [1.82, 2.24) is 0 Å². The molecule has 0 aromatic heterocycles. The van der Waals surface area contributed by atoms with Crippen LogP contribution in [0.2, 0.25) is 0 Å². The summed E-state index contributed by atoms with van der Waals surface area (Å²) in [7, 11) is -0.522. The van der Waals surface area contributed by atoms with E-state index in [0.717, 1.165) is 6.26 Å². The third-order valence-corrected chi connectivity index (χ3v) is 3.43. The summed E-state index contributed by atoms with van der Waals surface area (Å²) in [6.45, 7) is 0.165. The number of hydrogen-bond donors (Lipinski definition) is 0. The predicted octanol–water partition coefficient (Wildman–Crippen LogP) is -0.884. The van der Waals surface area contributed by atoms with Crippen molar-refractivity contribution in [3.63, 3.8) is 0 Å². The average Bonchev–Trinajstić information content (AvgIpc) is 2.75. The second kappa shape index (κ2) is 4.79. The Kier molecular flexibility index (Phi) is 3.71. The molecule has 0 aromatic carbocycles. The lowest BCUT2D eigenvalue weighted by Crippen LogP contribution is -2.35. The quantitative estimate of drug-likeness (QED) is 0.612. The van der Waals surface area contributed by atoms with Gasteiger partial charge < -0.3 is 18.9 Å². The first-order valence-corrected chi connectivity index (χ1v) is 6.99. The van der Waals surface area contributed by atoms with E-state index >= 15 is 0 Å². The van der Waals surface area contributed by atoms with Crippen molar-refractivity contribution in [2.45, 2.75) is 30.7 Å². The van der Waals surface area contributed by atoms with Crippen molar-refractivity contribution >= 4 is 10.1 Å². The fraction of sp³-hybridized carbons (Fsp3) is 1.00. The fourth-order valence-corrected chi connectivity index (χ4v) is 2.80. The molecule has 5 atom stereocenters. The molecular weight excluding hydrogens is 252 g/mol. The van der Waals surface area contributed by atoms with Gasteiger partial charge in [0.1, 0.15) is 24.4 Å². The highest BCUT2D eigenvalue weighted by molar-refractivity contribution is 7.86. The lowest BCUT2D eigenvalue weighted by Gasteiger charge is -2.19. The van der Waals surface area contributed by atoms with Crippen LogP contribution in [0.3, 0.4) is 0 Å². The molecule has 2 rings (SSSR count). The van der Waals surface area contributed by atoms with Crippen LogP contribution >= 0.6 is 0 Å². The lowest BCUT2D eigenvalue weighted by atomic mass is 10.1. The van der Waals surface area contributed by atoms with Crippen molar-refractivity contribution < 1.29 is 31.5 Å². The molecule has 2 saturated heterocycles. The zero-order valence-corrected chi connectivity index (χ0v) is 10.7. The Hall–Kier alpha value is -0.250. The van der Waals surface area contributed by atoms with E-state index in [-0.39, 0.29) is 18.8 Å². The van der Waals surface area contributed by atoms with Crippen molar-refractivity contribution in [2.75, 3.05) is 27.1 Å². The van der Waals surface area contributed by atoms with Crippen LogP contribution in [-0.2, 0) is 33.2 Å². The maximum absolute atomic E-state index is 11.1. The van der Waals surface area contributed by atoms with Gasteiger partial charge in [-0.1, -0.05) is 0 Å². The number of ether oxygens (including phenoxy) is 4. The first-order valence-electron chi connectivity index (χ1n) is 5.17. The Bertz CT molecular complexity index is 368. The van der Waals surface area contributed by atoms with E-state index in [0.29, 0.717) is 0 Å². The van der Waals surface area contributed by atoms with Crippen LogP contribution in [0.25, 0.3) is 0 Å². The average molecular weight is 268 g/mol. The predicted molar refractivity (Wildman–Crippen MR) is 55.9 cm³/mol. The normalized spacial score (nSPS) is 41.7. The van der Waals surface area contributed by atoms with E-state index < -0.39 is 28.6 Å². The number of hydrogen-bond acceptors (Lipinski definition) is 7. The van der Waals surface area contributed by atoms with Gasteiger partial charge in [0.15, 0.2) is 6.29 Å². The van der Waals surface area contributed by atoms with Crippen LogP contribution in [0, 0.1) is 0 Å². The first-order chi connectivity index (χ1) is 7.96. The summed E-state index contributed by atoms with van der Waals surface area (Å²) in [5.74, 6) is 0. The van der Waals surface area contributed by atoms with E-state index in [1.807, 2.05) is 0 Å². The summed E-state index contributed by atoms with van der Waals surface area (Å²) >= 11 is 0. The summed E-state index contributed by atoms with van der Waals surface area (Å²) in [5.41, 5.74) is 0. The maximum atomic E-state index is 11.1. The first kappa shape index (κ1) is 13.2. The highest BCUT2D eigenvalue weighted by atomic mass is 32.2. The number of fused-ring (bicyclic) bond motifs is 1. The van der Waals surface area contributed by atoms with Gasteiger partial charge in [-0.25, -0.2) is 0 Å². The molecule has 100 valence electrons. The minimum atomic E-state index is -3.54. The summed E-state index contributed by atoms with van der Waals surface area (Å²) in [6, 6.07) is 0. The van der Waals surface area contributed by atoms with Gasteiger partial charge in [0.05, 0.1) is 12.9 Å². The van der Waals surface area contributed by atoms with Crippen LogP contribution in [-0.4, -0.2) is 66.2 Å². The molecule has 0 aliphatic carbocycles. The molecule has 0 N–H and O–H groups in total. The summed E-state index contributed by atoms with van der Waals surface area (Å²) in [4.78, 5) is 0. The molecule has 2 aliphatic heterocycles. The Labute approximate surface area is 100 Å². The molecule has 0 spiro atoms. The van der Waals surface area contributed by atoms with Gasteiger partial charge >= 0.3 is 0 Å².